The minimum Gasteiger partial charge on any atom is -0.481 e. The average molecular weight is 276 g/mol. The lowest BCUT2D eigenvalue weighted by atomic mass is 10.1. The number of carbonyl (C=O) groups excluding carboxylic acids is 2. The van der Waals surface area contributed by atoms with E-state index in [1.807, 2.05) is 0 Å². The number of nitrogens with one attached hydrogen (secondary N) is 2. The summed E-state index contributed by atoms with van der Waals surface area (Å²) in [6.07, 6.45) is 0.540. The minimum atomic E-state index is -0.941. The van der Waals surface area contributed by atoms with Crippen LogP contribution in [0.5, 0.6) is 0 Å². The molecule has 0 heterocycles. The molecule has 20 heavy (non-hydrogen) atoms. The van der Waals surface area contributed by atoms with Crippen LogP contribution in [0.2, 0.25) is 0 Å². The van der Waals surface area contributed by atoms with Crippen molar-refractivity contribution >= 4 is 23.5 Å². The number of carboxylic acid groups (broad SMARTS) is 1. The van der Waals surface area contributed by atoms with Gasteiger partial charge in [-0.1, -0.05) is 18.2 Å². The summed E-state index contributed by atoms with van der Waals surface area (Å²) in [5.41, 5.74) is 1.25. The predicted molar refractivity (Wildman–Crippen MR) is 72.1 cm³/mol. The molecular formula is C14H16N2O4. The lowest BCUT2D eigenvalue weighted by Crippen LogP contribution is -2.22. The Morgan fingerprint density at radius 3 is 2.55 bits per heavy atom. The minimum absolute atomic E-state index is 0.151. The SMILES string of the molecule is CNC(=O)Cc1ccccc1NC(=O)[C@@H]1C[C@@H]1C(=O)O. The Labute approximate surface area is 116 Å². The zero-order valence-corrected chi connectivity index (χ0v) is 11.1. The van der Waals surface area contributed by atoms with Gasteiger partial charge < -0.3 is 15.7 Å². The molecule has 0 bridgehead atoms. The van der Waals surface area contributed by atoms with Crippen molar-refractivity contribution in [2.24, 2.45) is 11.8 Å². The molecule has 3 N–H and O–H groups in total. The average Bonchev–Trinajstić information content (AvgIpc) is 3.21. The van der Waals surface area contributed by atoms with Gasteiger partial charge in [0, 0.05) is 12.7 Å². The van der Waals surface area contributed by atoms with Gasteiger partial charge >= 0.3 is 5.97 Å². The third-order valence-electron chi connectivity index (χ3n) is 3.35. The normalized spacial score (nSPS) is 20.1. The number of para-hydroxylation sites is 1. The van der Waals surface area contributed by atoms with E-state index in [4.69, 9.17) is 5.11 Å². The number of likely N-dealkylation sites (N-methyl/N-ethyl adjacent to an activating group) is 1. The van der Waals surface area contributed by atoms with Gasteiger partial charge in [0.2, 0.25) is 11.8 Å². The molecule has 0 saturated heterocycles. The van der Waals surface area contributed by atoms with Gasteiger partial charge in [-0.15, -0.1) is 0 Å². The lowest BCUT2D eigenvalue weighted by molar-refractivity contribution is -0.139. The number of carboxylic acids is 1. The molecule has 2 rings (SSSR count). The Kier molecular flexibility index (Phi) is 4.02. The molecule has 106 valence electrons. The number of amides is 2. The van der Waals surface area contributed by atoms with Crippen LogP contribution in [0.3, 0.4) is 0 Å². The van der Waals surface area contributed by atoms with Gasteiger partial charge in [-0.2, -0.15) is 0 Å². The van der Waals surface area contributed by atoms with Gasteiger partial charge in [0.05, 0.1) is 18.3 Å². The van der Waals surface area contributed by atoms with Gasteiger partial charge in [-0.05, 0) is 18.1 Å². The molecule has 0 aromatic heterocycles. The van der Waals surface area contributed by atoms with Crippen LogP contribution in [-0.2, 0) is 20.8 Å². The summed E-state index contributed by atoms with van der Waals surface area (Å²) in [6, 6.07) is 7.00. The number of carbonyl (C=O) groups is 3. The molecule has 1 aromatic carbocycles. The van der Waals surface area contributed by atoms with Crippen LogP contribution in [-0.4, -0.2) is 29.9 Å². The monoisotopic (exact) mass is 276 g/mol. The summed E-state index contributed by atoms with van der Waals surface area (Å²) in [7, 11) is 1.55. The van der Waals surface area contributed by atoms with Crippen LogP contribution in [0.4, 0.5) is 5.69 Å². The van der Waals surface area contributed by atoms with Crippen LogP contribution in [0.25, 0.3) is 0 Å². The Bertz CT molecular complexity index is 556. The highest BCUT2D eigenvalue weighted by atomic mass is 16.4. The van der Waals surface area contributed by atoms with Crippen molar-refractivity contribution < 1.29 is 19.5 Å². The van der Waals surface area contributed by atoms with Crippen molar-refractivity contribution in [1.82, 2.24) is 5.32 Å². The van der Waals surface area contributed by atoms with E-state index >= 15 is 0 Å². The number of hydrogen-bond donors (Lipinski definition) is 3. The smallest absolute Gasteiger partial charge is 0.307 e. The van der Waals surface area contributed by atoms with Crippen LogP contribution < -0.4 is 10.6 Å². The van der Waals surface area contributed by atoms with Gasteiger partial charge in [-0.3, -0.25) is 14.4 Å². The van der Waals surface area contributed by atoms with Crippen molar-refractivity contribution in [3.63, 3.8) is 0 Å². The third-order valence-corrected chi connectivity index (χ3v) is 3.35. The molecule has 1 saturated carbocycles. The van der Waals surface area contributed by atoms with Gasteiger partial charge in [0.25, 0.3) is 0 Å². The molecule has 1 aliphatic carbocycles. The van der Waals surface area contributed by atoms with Crippen LogP contribution in [0.1, 0.15) is 12.0 Å². The third kappa shape index (κ3) is 3.14. The highest BCUT2D eigenvalue weighted by molar-refractivity contribution is 5.99. The maximum atomic E-state index is 11.9. The van der Waals surface area contributed by atoms with Gasteiger partial charge in [-0.25, -0.2) is 0 Å². The fourth-order valence-corrected chi connectivity index (χ4v) is 2.04. The van der Waals surface area contributed by atoms with Crippen LogP contribution >= 0.6 is 0 Å². The van der Waals surface area contributed by atoms with Gasteiger partial charge in [0.15, 0.2) is 0 Å². The number of hydrogen-bond acceptors (Lipinski definition) is 3. The highest BCUT2D eigenvalue weighted by Gasteiger charge is 2.48. The molecule has 1 fully saturated rings. The summed E-state index contributed by atoms with van der Waals surface area (Å²) in [5, 5.41) is 14.0. The molecule has 6 heteroatoms. The standard InChI is InChI=1S/C14H16N2O4/c1-15-12(17)6-8-4-2-3-5-11(8)16-13(18)9-7-10(9)14(19)20/h2-5,9-10H,6-7H2,1H3,(H,15,17)(H,16,18)(H,19,20)/t9-,10+/m1/s1. The van der Waals surface area contributed by atoms with Crippen molar-refractivity contribution in [2.45, 2.75) is 12.8 Å². The fourth-order valence-electron chi connectivity index (χ4n) is 2.04. The molecule has 0 aliphatic heterocycles. The van der Waals surface area contributed by atoms with Crippen molar-refractivity contribution in [1.29, 1.82) is 0 Å². The Hall–Kier alpha value is -2.37. The van der Waals surface area contributed by atoms with Crippen molar-refractivity contribution in [3.05, 3.63) is 29.8 Å². The van der Waals surface area contributed by atoms with E-state index < -0.39 is 17.8 Å². The molecule has 0 radical (unpaired) electrons. The summed E-state index contributed by atoms with van der Waals surface area (Å²) in [6.45, 7) is 0. The molecule has 0 spiro atoms. The maximum Gasteiger partial charge on any atom is 0.307 e. The summed E-state index contributed by atoms with van der Waals surface area (Å²) in [4.78, 5) is 34.1. The van der Waals surface area contributed by atoms with Crippen LogP contribution in [0, 0.1) is 11.8 Å². The van der Waals surface area contributed by atoms with E-state index in [0.717, 1.165) is 0 Å². The number of rotatable bonds is 5. The first-order chi connectivity index (χ1) is 9.52. The Morgan fingerprint density at radius 1 is 1.25 bits per heavy atom. The molecule has 1 aromatic rings. The van der Waals surface area contributed by atoms with E-state index in [9.17, 15) is 14.4 Å². The summed E-state index contributed by atoms with van der Waals surface area (Å²) in [5.74, 6) is -2.45. The number of aliphatic carboxylic acids is 1. The van der Waals surface area contributed by atoms with E-state index in [0.29, 0.717) is 17.7 Å². The molecule has 2 amide bonds. The molecular weight excluding hydrogens is 260 g/mol. The van der Waals surface area contributed by atoms with E-state index in [-0.39, 0.29) is 18.2 Å². The molecule has 6 nitrogen and oxygen atoms in total. The second-order valence-corrected chi connectivity index (χ2v) is 4.78. The second kappa shape index (κ2) is 5.73. The topological polar surface area (TPSA) is 95.5 Å². The first-order valence-corrected chi connectivity index (χ1v) is 6.35. The molecule has 0 unspecified atom stereocenters. The zero-order chi connectivity index (χ0) is 14.7. The number of anilines is 1. The van der Waals surface area contributed by atoms with E-state index in [1.165, 1.54) is 0 Å². The highest BCUT2D eigenvalue weighted by Crippen LogP contribution is 2.39. The predicted octanol–water partition coefficient (Wildman–Crippen LogP) is 0.634. The summed E-state index contributed by atoms with van der Waals surface area (Å²) < 4.78 is 0. The van der Waals surface area contributed by atoms with E-state index in [2.05, 4.69) is 10.6 Å². The quantitative estimate of drug-likeness (QED) is 0.735. The van der Waals surface area contributed by atoms with Crippen molar-refractivity contribution in [3.8, 4) is 0 Å². The Balaban J connectivity index is 2.04. The zero-order valence-electron chi connectivity index (χ0n) is 11.1. The Morgan fingerprint density at radius 2 is 1.95 bits per heavy atom. The lowest BCUT2D eigenvalue weighted by Gasteiger charge is -2.10. The van der Waals surface area contributed by atoms with Crippen LogP contribution in [0.15, 0.2) is 24.3 Å². The molecule has 2 atom stereocenters. The second-order valence-electron chi connectivity index (χ2n) is 4.78. The fraction of sp³-hybridized carbons (Fsp3) is 0.357. The maximum absolute atomic E-state index is 11.9. The van der Waals surface area contributed by atoms with E-state index in [1.54, 1.807) is 31.3 Å². The first kappa shape index (κ1) is 14.0. The molecule has 1 aliphatic rings. The number of benzene rings is 1. The first-order valence-electron chi connectivity index (χ1n) is 6.35. The largest absolute Gasteiger partial charge is 0.481 e. The van der Waals surface area contributed by atoms with Crippen molar-refractivity contribution in [2.75, 3.05) is 12.4 Å². The van der Waals surface area contributed by atoms with Gasteiger partial charge in [0.1, 0.15) is 0 Å². The summed E-state index contributed by atoms with van der Waals surface area (Å²) >= 11 is 0.